The number of methoxy groups -OCH3 is 2. The van der Waals surface area contributed by atoms with E-state index >= 15 is 0 Å². The third kappa shape index (κ3) is 4.64. The summed E-state index contributed by atoms with van der Waals surface area (Å²) in [6, 6.07) is 6.26. The highest BCUT2D eigenvalue weighted by atomic mass is 16.5. The molecular formula is C15H25N3O2. The molecule has 5 nitrogen and oxygen atoms in total. The molecule has 1 aromatic rings. The molecule has 0 amide bonds. The van der Waals surface area contributed by atoms with Gasteiger partial charge in [-0.25, -0.2) is 0 Å². The van der Waals surface area contributed by atoms with E-state index in [0.717, 1.165) is 29.4 Å². The van der Waals surface area contributed by atoms with Crippen LogP contribution in [0.2, 0.25) is 0 Å². The minimum absolute atomic E-state index is 0.395. The van der Waals surface area contributed by atoms with Gasteiger partial charge in [-0.05, 0) is 31.0 Å². The largest absolute Gasteiger partial charge is 0.493 e. The van der Waals surface area contributed by atoms with Gasteiger partial charge in [0.15, 0.2) is 17.5 Å². The van der Waals surface area contributed by atoms with Crippen molar-refractivity contribution in [2.24, 2.45) is 4.99 Å². The Hall–Kier alpha value is -1.91. The van der Waals surface area contributed by atoms with Gasteiger partial charge >= 0.3 is 0 Å². The molecule has 0 saturated carbocycles. The summed E-state index contributed by atoms with van der Waals surface area (Å²) in [5.41, 5.74) is 1.11. The number of nitrogens with one attached hydrogen (secondary N) is 2. The predicted molar refractivity (Wildman–Crippen MR) is 82.6 cm³/mol. The van der Waals surface area contributed by atoms with Crippen LogP contribution in [0, 0.1) is 0 Å². The van der Waals surface area contributed by atoms with Crippen LogP contribution in [0.15, 0.2) is 23.2 Å². The third-order valence-corrected chi connectivity index (χ3v) is 3.13. The highest BCUT2D eigenvalue weighted by Gasteiger charge is 2.06. The molecule has 0 radical (unpaired) electrons. The zero-order valence-corrected chi connectivity index (χ0v) is 13.0. The Balaban J connectivity index is 2.64. The van der Waals surface area contributed by atoms with E-state index in [9.17, 15) is 0 Å². The summed E-state index contributed by atoms with van der Waals surface area (Å²) in [5.74, 6) is 2.27. The number of hydrogen-bond donors (Lipinski definition) is 2. The minimum Gasteiger partial charge on any atom is -0.493 e. The van der Waals surface area contributed by atoms with Crippen molar-refractivity contribution < 1.29 is 9.47 Å². The van der Waals surface area contributed by atoms with Gasteiger partial charge < -0.3 is 20.1 Å². The molecule has 112 valence electrons. The Kier molecular flexibility index (Phi) is 6.70. The summed E-state index contributed by atoms with van der Waals surface area (Å²) in [6.45, 7) is 4.94. The molecule has 20 heavy (non-hydrogen) atoms. The number of hydrogen-bond acceptors (Lipinski definition) is 3. The summed E-state index contributed by atoms with van der Waals surface area (Å²) in [5, 5.41) is 6.60. The Morgan fingerprint density at radius 3 is 2.50 bits per heavy atom. The molecule has 1 aromatic carbocycles. The van der Waals surface area contributed by atoms with Crippen LogP contribution in [-0.4, -0.2) is 33.3 Å². The summed E-state index contributed by atoms with van der Waals surface area (Å²) in [7, 11) is 5.04. The quantitative estimate of drug-likeness (QED) is 0.619. The van der Waals surface area contributed by atoms with Gasteiger partial charge in [-0.1, -0.05) is 13.0 Å². The molecule has 1 atom stereocenters. The van der Waals surface area contributed by atoms with E-state index in [0.29, 0.717) is 12.6 Å². The molecule has 0 aliphatic carbocycles. The van der Waals surface area contributed by atoms with Crippen LogP contribution in [-0.2, 0) is 6.54 Å². The fourth-order valence-electron chi connectivity index (χ4n) is 1.71. The van der Waals surface area contributed by atoms with E-state index in [2.05, 4.69) is 29.5 Å². The Morgan fingerprint density at radius 2 is 1.95 bits per heavy atom. The Morgan fingerprint density at radius 1 is 1.25 bits per heavy atom. The maximum Gasteiger partial charge on any atom is 0.191 e. The van der Waals surface area contributed by atoms with Crippen molar-refractivity contribution in [3.63, 3.8) is 0 Å². The number of guanidine groups is 1. The molecule has 2 N–H and O–H groups in total. The SMILES string of the molecule is CCC(C)NC(=NC)NCc1ccc(OC)c(OC)c1. The van der Waals surface area contributed by atoms with E-state index < -0.39 is 0 Å². The molecule has 0 aromatic heterocycles. The van der Waals surface area contributed by atoms with Gasteiger partial charge in [0.25, 0.3) is 0 Å². The van der Waals surface area contributed by atoms with Crippen LogP contribution in [0.4, 0.5) is 0 Å². The summed E-state index contributed by atoms with van der Waals surface area (Å²) in [4.78, 5) is 4.21. The Bertz CT molecular complexity index is 447. The molecule has 0 fully saturated rings. The first-order valence-electron chi connectivity index (χ1n) is 6.82. The lowest BCUT2D eigenvalue weighted by molar-refractivity contribution is 0.354. The molecule has 0 heterocycles. The van der Waals surface area contributed by atoms with Crippen LogP contribution >= 0.6 is 0 Å². The molecule has 5 heteroatoms. The van der Waals surface area contributed by atoms with Crippen molar-refractivity contribution in [2.75, 3.05) is 21.3 Å². The lowest BCUT2D eigenvalue weighted by Crippen LogP contribution is -2.41. The highest BCUT2D eigenvalue weighted by molar-refractivity contribution is 5.79. The van der Waals surface area contributed by atoms with Crippen LogP contribution in [0.25, 0.3) is 0 Å². The van der Waals surface area contributed by atoms with E-state index in [4.69, 9.17) is 9.47 Å². The molecular weight excluding hydrogens is 254 g/mol. The number of rotatable bonds is 6. The van der Waals surface area contributed by atoms with Crippen molar-refractivity contribution in [3.8, 4) is 11.5 Å². The maximum atomic E-state index is 5.29. The van der Waals surface area contributed by atoms with Crippen LogP contribution in [0.1, 0.15) is 25.8 Å². The van der Waals surface area contributed by atoms with E-state index in [-0.39, 0.29) is 0 Å². The predicted octanol–water partition coefficient (Wildman–Crippen LogP) is 2.17. The summed E-state index contributed by atoms with van der Waals surface area (Å²) < 4.78 is 10.5. The standard InChI is InChI=1S/C15H25N3O2/c1-6-11(2)18-15(16-3)17-10-12-7-8-13(19-4)14(9-12)20-5/h7-9,11H,6,10H2,1-5H3,(H2,16,17,18). The molecule has 0 aliphatic rings. The topological polar surface area (TPSA) is 54.9 Å². The lowest BCUT2D eigenvalue weighted by atomic mass is 10.2. The monoisotopic (exact) mass is 279 g/mol. The zero-order valence-electron chi connectivity index (χ0n) is 13.0. The zero-order chi connectivity index (χ0) is 15.0. The lowest BCUT2D eigenvalue weighted by Gasteiger charge is -2.17. The van der Waals surface area contributed by atoms with Crippen molar-refractivity contribution in [3.05, 3.63) is 23.8 Å². The third-order valence-electron chi connectivity index (χ3n) is 3.13. The normalized spacial score (nSPS) is 12.8. The number of benzene rings is 1. The van der Waals surface area contributed by atoms with Gasteiger partial charge in [0, 0.05) is 19.6 Å². The first kappa shape index (κ1) is 16.1. The van der Waals surface area contributed by atoms with Gasteiger partial charge in [0.05, 0.1) is 14.2 Å². The first-order chi connectivity index (χ1) is 9.64. The molecule has 0 spiro atoms. The minimum atomic E-state index is 0.395. The fraction of sp³-hybridized carbons (Fsp3) is 0.533. The maximum absolute atomic E-state index is 5.29. The highest BCUT2D eigenvalue weighted by Crippen LogP contribution is 2.27. The second-order valence-electron chi connectivity index (χ2n) is 4.57. The molecule has 1 unspecified atom stereocenters. The van der Waals surface area contributed by atoms with Gasteiger partial charge in [-0.2, -0.15) is 0 Å². The van der Waals surface area contributed by atoms with Crippen molar-refractivity contribution >= 4 is 5.96 Å². The smallest absolute Gasteiger partial charge is 0.191 e. The summed E-state index contributed by atoms with van der Waals surface area (Å²) in [6.07, 6.45) is 1.05. The second kappa shape index (κ2) is 8.30. The van der Waals surface area contributed by atoms with Gasteiger partial charge in [0.2, 0.25) is 0 Å². The molecule has 0 saturated heterocycles. The Labute approximate surface area is 121 Å². The van der Waals surface area contributed by atoms with Gasteiger partial charge in [-0.3, -0.25) is 4.99 Å². The van der Waals surface area contributed by atoms with Crippen molar-refractivity contribution in [1.82, 2.24) is 10.6 Å². The van der Waals surface area contributed by atoms with Crippen LogP contribution in [0.3, 0.4) is 0 Å². The van der Waals surface area contributed by atoms with Gasteiger partial charge in [-0.15, -0.1) is 0 Å². The number of aliphatic imine (C=N–C) groups is 1. The van der Waals surface area contributed by atoms with Gasteiger partial charge in [0.1, 0.15) is 0 Å². The van der Waals surface area contributed by atoms with E-state index in [1.165, 1.54) is 0 Å². The second-order valence-corrected chi connectivity index (χ2v) is 4.57. The van der Waals surface area contributed by atoms with E-state index in [1.54, 1.807) is 21.3 Å². The number of ether oxygens (including phenoxy) is 2. The average Bonchev–Trinajstić information content (AvgIpc) is 2.50. The van der Waals surface area contributed by atoms with Crippen LogP contribution in [0.5, 0.6) is 11.5 Å². The number of nitrogens with zero attached hydrogens (tertiary/aromatic N) is 1. The van der Waals surface area contributed by atoms with Crippen molar-refractivity contribution in [2.45, 2.75) is 32.9 Å². The molecule has 0 bridgehead atoms. The van der Waals surface area contributed by atoms with E-state index in [1.807, 2.05) is 18.2 Å². The fourth-order valence-corrected chi connectivity index (χ4v) is 1.71. The van der Waals surface area contributed by atoms with Crippen molar-refractivity contribution in [1.29, 1.82) is 0 Å². The average molecular weight is 279 g/mol. The van der Waals surface area contributed by atoms with Crippen LogP contribution < -0.4 is 20.1 Å². The first-order valence-corrected chi connectivity index (χ1v) is 6.82. The molecule has 1 rings (SSSR count). The summed E-state index contributed by atoms with van der Waals surface area (Å²) >= 11 is 0. The molecule has 0 aliphatic heterocycles.